The smallest absolute Gasteiger partial charge is 0.335 e. The number of aromatic carboxylic acids is 1. The Labute approximate surface area is 174 Å². The lowest BCUT2D eigenvalue weighted by Gasteiger charge is -2.02. The topological polar surface area (TPSA) is 120 Å². The predicted molar refractivity (Wildman–Crippen MR) is 112 cm³/mol. The van der Waals surface area contributed by atoms with E-state index in [4.69, 9.17) is 21.1 Å². The fraction of sp³-hybridized carbons (Fsp3) is 0. The molecule has 2 N–H and O–H groups in total. The number of aromatic nitrogens is 2. The van der Waals surface area contributed by atoms with Gasteiger partial charge < -0.3 is 14.5 Å². The molecule has 2 aromatic carbocycles. The Morgan fingerprint density at radius 2 is 1.93 bits per heavy atom. The number of nitrogens with one attached hydrogen (secondary N) is 1. The molecule has 0 fully saturated rings. The van der Waals surface area contributed by atoms with E-state index >= 15 is 0 Å². The van der Waals surface area contributed by atoms with E-state index in [0.29, 0.717) is 33.0 Å². The summed E-state index contributed by atoms with van der Waals surface area (Å²) in [6.45, 7) is 0. The fourth-order valence-corrected chi connectivity index (χ4v) is 3.07. The highest BCUT2D eigenvalue weighted by molar-refractivity contribution is 6.31. The minimum Gasteiger partial charge on any atom is -0.478 e. The molecule has 4 aromatic rings. The SMILES string of the molecule is N#CC(=Cc1ccc(-c2ccc(C(=O)O)cc2)o1)c1nc2ccc(Cl)cc2c(=O)[nH]1. The summed E-state index contributed by atoms with van der Waals surface area (Å²) < 4.78 is 5.75. The zero-order valence-electron chi connectivity index (χ0n) is 15.2. The van der Waals surface area contributed by atoms with Crippen LogP contribution in [0.5, 0.6) is 0 Å². The Hall–Kier alpha value is -4.15. The van der Waals surface area contributed by atoms with Crippen LogP contribution >= 0.6 is 11.6 Å². The number of allylic oxidation sites excluding steroid dienone is 1. The average molecular weight is 418 g/mol. The monoisotopic (exact) mass is 417 g/mol. The molecule has 2 aromatic heterocycles. The van der Waals surface area contributed by atoms with Crippen molar-refractivity contribution in [1.82, 2.24) is 9.97 Å². The van der Waals surface area contributed by atoms with Crippen LogP contribution in [0, 0.1) is 11.3 Å². The number of carboxylic acid groups (broad SMARTS) is 1. The third-order valence-corrected chi connectivity index (χ3v) is 4.61. The van der Waals surface area contributed by atoms with Crippen molar-refractivity contribution >= 4 is 40.1 Å². The summed E-state index contributed by atoms with van der Waals surface area (Å²) >= 11 is 5.92. The molecule has 0 aliphatic heterocycles. The molecule has 0 unspecified atom stereocenters. The zero-order chi connectivity index (χ0) is 21.3. The second kappa shape index (κ2) is 7.70. The highest BCUT2D eigenvalue weighted by atomic mass is 35.5. The molecule has 0 bridgehead atoms. The van der Waals surface area contributed by atoms with E-state index in [9.17, 15) is 14.9 Å². The van der Waals surface area contributed by atoms with Crippen LogP contribution in [0.1, 0.15) is 21.9 Å². The molecule has 146 valence electrons. The van der Waals surface area contributed by atoms with Gasteiger partial charge in [0.15, 0.2) is 5.82 Å². The van der Waals surface area contributed by atoms with Crippen molar-refractivity contribution in [3.63, 3.8) is 0 Å². The van der Waals surface area contributed by atoms with Crippen molar-refractivity contribution in [1.29, 1.82) is 5.26 Å². The van der Waals surface area contributed by atoms with Gasteiger partial charge in [0.1, 0.15) is 17.6 Å². The van der Waals surface area contributed by atoms with Crippen LogP contribution in [-0.2, 0) is 0 Å². The average Bonchev–Trinajstić information content (AvgIpc) is 3.21. The molecule has 0 aliphatic carbocycles. The van der Waals surface area contributed by atoms with E-state index in [1.165, 1.54) is 24.3 Å². The molecule has 0 spiro atoms. The summed E-state index contributed by atoms with van der Waals surface area (Å²) in [6.07, 6.45) is 1.47. The molecule has 30 heavy (non-hydrogen) atoms. The molecule has 0 radical (unpaired) electrons. The normalized spacial score (nSPS) is 11.4. The van der Waals surface area contributed by atoms with Crippen molar-refractivity contribution in [2.45, 2.75) is 0 Å². The van der Waals surface area contributed by atoms with Gasteiger partial charge in [-0.3, -0.25) is 4.79 Å². The number of carboxylic acids is 1. The standard InChI is InChI=1S/C22H12ClN3O4/c23-15-5-7-18-17(10-15)21(27)26-20(25-18)14(11-24)9-16-6-8-19(30-16)12-1-3-13(4-2-12)22(28)29/h1-10H,(H,28,29)(H,25,26,27). The van der Waals surface area contributed by atoms with Crippen LogP contribution in [0.2, 0.25) is 5.02 Å². The van der Waals surface area contributed by atoms with Gasteiger partial charge in [0.25, 0.3) is 5.56 Å². The summed E-state index contributed by atoms with van der Waals surface area (Å²) in [7, 11) is 0. The number of nitrogens with zero attached hydrogens (tertiary/aromatic N) is 2. The van der Waals surface area contributed by atoms with Crippen LogP contribution in [-0.4, -0.2) is 21.0 Å². The van der Waals surface area contributed by atoms with E-state index in [-0.39, 0.29) is 17.0 Å². The van der Waals surface area contributed by atoms with Crippen molar-refractivity contribution in [3.8, 4) is 17.4 Å². The molecule has 0 aliphatic rings. The quantitative estimate of drug-likeness (QED) is 0.468. The van der Waals surface area contributed by atoms with Crippen molar-refractivity contribution in [3.05, 3.63) is 87.1 Å². The minimum atomic E-state index is -1.01. The number of fused-ring (bicyclic) bond motifs is 1. The summed E-state index contributed by atoms with van der Waals surface area (Å²) in [5.74, 6) is -0.0173. The van der Waals surface area contributed by atoms with Crippen LogP contribution < -0.4 is 5.56 Å². The van der Waals surface area contributed by atoms with Gasteiger partial charge in [0.2, 0.25) is 0 Å². The number of carbonyl (C=O) groups is 1. The molecule has 0 saturated heterocycles. The van der Waals surface area contributed by atoms with Gasteiger partial charge in [-0.15, -0.1) is 0 Å². The van der Waals surface area contributed by atoms with E-state index < -0.39 is 11.5 Å². The first-order valence-electron chi connectivity index (χ1n) is 8.70. The van der Waals surface area contributed by atoms with Crippen molar-refractivity contribution in [2.24, 2.45) is 0 Å². The highest BCUT2D eigenvalue weighted by Gasteiger charge is 2.11. The van der Waals surface area contributed by atoms with Crippen LogP contribution in [0.15, 0.2) is 63.8 Å². The van der Waals surface area contributed by atoms with Gasteiger partial charge in [-0.2, -0.15) is 5.26 Å². The van der Waals surface area contributed by atoms with E-state index in [1.54, 1.807) is 36.4 Å². The number of furan rings is 1. The maximum absolute atomic E-state index is 12.3. The first kappa shape index (κ1) is 19.2. The third kappa shape index (κ3) is 3.72. The van der Waals surface area contributed by atoms with E-state index in [1.807, 2.05) is 6.07 Å². The van der Waals surface area contributed by atoms with Gasteiger partial charge >= 0.3 is 5.97 Å². The number of hydrogen-bond donors (Lipinski definition) is 2. The molecular weight excluding hydrogens is 406 g/mol. The molecule has 8 heteroatoms. The van der Waals surface area contributed by atoms with Crippen LogP contribution in [0.3, 0.4) is 0 Å². The van der Waals surface area contributed by atoms with Gasteiger partial charge in [0, 0.05) is 16.7 Å². The van der Waals surface area contributed by atoms with Crippen molar-refractivity contribution < 1.29 is 14.3 Å². The number of aromatic amines is 1. The lowest BCUT2D eigenvalue weighted by Crippen LogP contribution is -2.11. The predicted octanol–water partition coefficient (Wildman–Crippen LogP) is 4.60. The van der Waals surface area contributed by atoms with Crippen LogP contribution in [0.25, 0.3) is 33.9 Å². The number of rotatable bonds is 4. The largest absolute Gasteiger partial charge is 0.478 e. The molecule has 4 rings (SSSR count). The first-order chi connectivity index (χ1) is 14.4. The van der Waals surface area contributed by atoms with Crippen molar-refractivity contribution in [2.75, 3.05) is 0 Å². The maximum atomic E-state index is 12.3. The maximum Gasteiger partial charge on any atom is 0.335 e. The number of benzene rings is 2. The lowest BCUT2D eigenvalue weighted by atomic mass is 10.1. The molecule has 0 atom stereocenters. The Bertz CT molecular complexity index is 1410. The third-order valence-electron chi connectivity index (χ3n) is 4.37. The first-order valence-corrected chi connectivity index (χ1v) is 9.08. The van der Waals surface area contributed by atoms with E-state index in [0.717, 1.165) is 0 Å². The Morgan fingerprint density at radius 3 is 2.63 bits per heavy atom. The Balaban J connectivity index is 1.69. The molecule has 2 heterocycles. The molecule has 0 amide bonds. The molecule has 7 nitrogen and oxygen atoms in total. The molecular formula is C22H12ClN3O4. The van der Waals surface area contributed by atoms with Gasteiger partial charge in [-0.25, -0.2) is 9.78 Å². The lowest BCUT2D eigenvalue weighted by molar-refractivity contribution is 0.0697. The molecule has 0 saturated carbocycles. The Kier molecular flexibility index (Phi) is 4.92. The van der Waals surface area contributed by atoms with Gasteiger partial charge in [-0.1, -0.05) is 23.7 Å². The zero-order valence-corrected chi connectivity index (χ0v) is 16.0. The number of H-pyrrole nitrogens is 1. The number of nitriles is 1. The number of halogens is 1. The second-order valence-corrected chi connectivity index (χ2v) is 6.77. The Morgan fingerprint density at radius 1 is 1.17 bits per heavy atom. The van der Waals surface area contributed by atoms with E-state index in [2.05, 4.69) is 9.97 Å². The summed E-state index contributed by atoms with van der Waals surface area (Å²) in [4.78, 5) is 30.2. The van der Waals surface area contributed by atoms with Crippen LogP contribution in [0.4, 0.5) is 0 Å². The van der Waals surface area contributed by atoms with Gasteiger partial charge in [-0.05, 0) is 42.5 Å². The second-order valence-electron chi connectivity index (χ2n) is 6.33. The summed E-state index contributed by atoms with van der Waals surface area (Å²) in [6, 6.07) is 16.3. The highest BCUT2D eigenvalue weighted by Crippen LogP contribution is 2.25. The summed E-state index contributed by atoms with van der Waals surface area (Å²) in [5.41, 5.74) is 0.985. The van der Waals surface area contributed by atoms with Gasteiger partial charge in [0.05, 0.1) is 22.0 Å². The minimum absolute atomic E-state index is 0.112. The number of hydrogen-bond acceptors (Lipinski definition) is 5. The fourth-order valence-electron chi connectivity index (χ4n) is 2.90. The summed E-state index contributed by atoms with van der Waals surface area (Å²) in [5, 5.41) is 19.3.